The number of alkyl halides is 3. The number of halogens is 3. The van der Waals surface area contributed by atoms with E-state index in [1.807, 2.05) is 0 Å². The monoisotopic (exact) mass is 358 g/mol. The van der Waals surface area contributed by atoms with Gasteiger partial charge >= 0.3 is 12.1 Å². The van der Waals surface area contributed by atoms with E-state index in [9.17, 15) is 13.2 Å². The third-order valence-electron chi connectivity index (χ3n) is 6.11. The van der Waals surface area contributed by atoms with Gasteiger partial charge < -0.3 is 10.4 Å². The molecule has 1 aromatic heterocycles. The highest BCUT2D eigenvalue weighted by Gasteiger charge is 2.70. The summed E-state index contributed by atoms with van der Waals surface area (Å²) in [5.41, 5.74) is 1.35. The number of aromatic nitrogens is 3. The molecular formula is C16H21F3N4O2. The van der Waals surface area contributed by atoms with E-state index in [1.54, 1.807) is 0 Å². The number of nitrogens with one attached hydrogen (secondary N) is 2. The summed E-state index contributed by atoms with van der Waals surface area (Å²) in [6, 6.07) is 0. The molecule has 4 aliphatic carbocycles. The van der Waals surface area contributed by atoms with E-state index >= 15 is 0 Å². The molecule has 0 aromatic carbocycles. The molecule has 1 aromatic rings. The first kappa shape index (κ1) is 16.8. The predicted molar refractivity (Wildman–Crippen MR) is 80.8 cm³/mol. The van der Waals surface area contributed by atoms with Crippen LogP contribution in [0.5, 0.6) is 0 Å². The van der Waals surface area contributed by atoms with Crippen LogP contribution in [0.25, 0.3) is 0 Å². The molecule has 6 rings (SSSR count). The van der Waals surface area contributed by atoms with Crippen molar-refractivity contribution in [3.05, 3.63) is 11.6 Å². The van der Waals surface area contributed by atoms with E-state index in [-0.39, 0.29) is 0 Å². The van der Waals surface area contributed by atoms with Gasteiger partial charge in [0.15, 0.2) is 5.82 Å². The fourth-order valence-electron chi connectivity index (χ4n) is 4.70. The Morgan fingerprint density at radius 1 is 1.24 bits per heavy atom. The van der Waals surface area contributed by atoms with Crippen molar-refractivity contribution in [3.8, 4) is 0 Å². The first-order chi connectivity index (χ1) is 11.7. The standard InChI is InChI=1S/C14H20N4.C2HF3O2/c1-2-9(1)12-16-11(17-18-12)3-13-6-14(7-13,8-13)10-4-15-5-10;3-2(4,5)1(6)7/h9-10,15H,1-8H2,(H,16,17,18);(H,6,7). The third kappa shape index (κ3) is 3.02. The molecule has 5 fully saturated rings. The van der Waals surface area contributed by atoms with Crippen molar-refractivity contribution in [2.45, 2.75) is 50.6 Å². The topological polar surface area (TPSA) is 90.9 Å². The SMILES string of the molecule is C1CC1c1n[nH]c(CC23CC(C4CNC4)(C2)C3)n1.O=C(O)C(F)(F)F. The average molecular weight is 358 g/mol. The van der Waals surface area contributed by atoms with Crippen LogP contribution < -0.4 is 5.32 Å². The Morgan fingerprint density at radius 2 is 1.84 bits per heavy atom. The predicted octanol–water partition coefficient (Wildman–Crippen LogP) is 2.25. The van der Waals surface area contributed by atoms with E-state index in [2.05, 4.69) is 20.5 Å². The molecule has 0 amide bonds. The summed E-state index contributed by atoms with van der Waals surface area (Å²) in [5, 5.41) is 18.1. The number of aliphatic carboxylic acids is 1. The lowest BCUT2D eigenvalue weighted by molar-refractivity contribution is -0.243. The summed E-state index contributed by atoms with van der Waals surface area (Å²) >= 11 is 0. The number of hydrogen-bond acceptors (Lipinski definition) is 4. The summed E-state index contributed by atoms with van der Waals surface area (Å²) in [4.78, 5) is 13.6. The number of hydrogen-bond donors (Lipinski definition) is 3. The molecule has 138 valence electrons. The maximum absolute atomic E-state index is 10.6. The summed E-state index contributed by atoms with van der Waals surface area (Å²) in [5.74, 6) is 1.13. The number of carboxylic acid groups (broad SMARTS) is 1. The third-order valence-corrected chi connectivity index (χ3v) is 6.11. The molecule has 0 unspecified atom stereocenters. The Labute approximate surface area is 142 Å². The van der Waals surface area contributed by atoms with Crippen LogP contribution >= 0.6 is 0 Å². The molecule has 25 heavy (non-hydrogen) atoms. The minimum atomic E-state index is -5.08. The Morgan fingerprint density at radius 3 is 2.28 bits per heavy atom. The summed E-state index contributed by atoms with van der Waals surface area (Å²) in [6.45, 7) is 2.54. The first-order valence-electron chi connectivity index (χ1n) is 8.63. The Balaban J connectivity index is 0.000000195. The average Bonchev–Trinajstić information content (AvgIpc) is 3.13. The molecule has 6 nitrogen and oxygen atoms in total. The van der Waals surface area contributed by atoms with Gasteiger partial charge in [0.1, 0.15) is 5.82 Å². The zero-order chi connectivity index (χ0) is 17.9. The lowest BCUT2D eigenvalue weighted by Gasteiger charge is -2.75. The maximum atomic E-state index is 10.6. The summed E-state index contributed by atoms with van der Waals surface area (Å²) in [7, 11) is 0. The highest BCUT2D eigenvalue weighted by Crippen LogP contribution is 2.77. The normalized spacial score (nSPS) is 33.4. The lowest BCUT2D eigenvalue weighted by atomic mass is 9.30. The van der Waals surface area contributed by atoms with Crippen LogP contribution in [0.4, 0.5) is 13.2 Å². The second kappa shape index (κ2) is 5.43. The Hall–Kier alpha value is -1.64. The first-order valence-corrected chi connectivity index (χ1v) is 8.63. The van der Waals surface area contributed by atoms with E-state index in [4.69, 9.17) is 9.90 Å². The van der Waals surface area contributed by atoms with Crippen LogP contribution in [0.2, 0.25) is 0 Å². The molecule has 2 heterocycles. The van der Waals surface area contributed by atoms with Crippen LogP contribution in [0.15, 0.2) is 0 Å². The minimum Gasteiger partial charge on any atom is -0.475 e. The largest absolute Gasteiger partial charge is 0.490 e. The molecule has 9 heteroatoms. The van der Waals surface area contributed by atoms with Crippen molar-refractivity contribution >= 4 is 5.97 Å². The molecule has 0 spiro atoms. The van der Waals surface area contributed by atoms with Gasteiger partial charge in [0.05, 0.1) is 0 Å². The van der Waals surface area contributed by atoms with Gasteiger partial charge in [0.25, 0.3) is 0 Å². The van der Waals surface area contributed by atoms with E-state index < -0.39 is 12.1 Å². The Bertz CT molecular complexity index is 659. The van der Waals surface area contributed by atoms with Gasteiger partial charge in [-0.1, -0.05) is 0 Å². The van der Waals surface area contributed by atoms with Crippen LogP contribution in [0.1, 0.15) is 49.7 Å². The second-order valence-corrected chi connectivity index (χ2v) is 8.14. The molecule has 0 radical (unpaired) electrons. The fourth-order valence-corrected chi connectivity index (χ4v) is 4.70. The summed E-state index contributed by atoms with van der Waals surface area (Å²) < 4.78 is 31.7. The van der Waals surface area contributed by atoms with Gasteiger partial charge in [0.2, 0.25) is 0 Å². The van der Waals surface area contributed by atoms with Crippen LogP contribution in [0, 0.1) is 16.7 Å². The molecule has 1 aliphatic heterocycles. The highest BCUT2D eigenvalue weighted by atomic mass is 19.4. The quantitative estimate of drug-likeness (QED) is 0.768. The molecule has 0 atom stereocenters. The van der Waals surface area contributed by atoms with Gasteiger partial charge in [-0.05, 0) is 61.9 Å². The van der Waals surface area contributed by atoms with Gasteiger partial charge in [0, 0.05) is 12.3 Å². The number of rotatable bonds is 4. The van der Waals surface area contributed by atoms with E-state index in [0.717, 1.165) is 29.4 Å². The zero-order valence-electron chi connectivity index (χ0n) is 13.7. The number of carboxylic acids is 1. The minimum absolute atomic E-state index is 0.607. The van der Waals surface area contributed by atoms with Crippen molar-refractivity contribution < 1.29 is 23.1 Å². The molecule has 5 aliphatic rings. The zero-order valence-corrected chi connectivity index (χ0v) is 13.7. The van der Waals surface area contributed by atoms with Crippen molar-refractivity contribution in [2.75, 3.05) is 13.1 Å². The van der Waals surface area contributed by atoms with Crippen molar-refractivity contribution in [1.82, 2.24) is 20.5 Å². The van der Waals surface area contributed by atoms with Gasteiger partial charge in [-0.15, -0.1) is 0 Å². The van der Waals surface area contributed by atoms with E-state index in [0.29, 0.717) is 11.3 Å². The van der Waals surface area contributed by atoms with Gasteiger partial charge in [-0.3, -0.25) is 5.10 Å². The van der Waals surface area contributed by atoms with E-state index in [1.165, 1.54) is 45.2 Å². The smallest absolute Gasteiger partial charge is 0.475 e. The number of aromatic amines is 1. The second-order valence-electron chi connectivity index (χ2n) is 8.14. The molecular weight excluding hydrogens is 337 g/mol. The molecule has 2 bridgehead atoms. The van der Waals surface area contributed by atoms with Crippen LogP contribution in [-0.2, 0) is 11.2 Å². The van der Waals surface area contributed by atoms with Gasteiger partial charge in [-0.2, -0.15) is 18.3 Å². The lowest BCUT2D eigenvalue weighted by Crippen LogP contribution is -2.70. The fraction of sp³-hybridized carbons (Fsp3) is 0.812. The summed E-state index contributed by atoms with van der Waals surface area (Å²) in [6.07, 6.45) is 3.00. The molecule has 4 saturated carbocycles. The van der Waals surface area contributed by atoms with Crippen LogP contribution in [-0.4, -0.2) is 45.5 Å². The highest BCUT2D eigenvalue weighted by molar-refractivity contribution is 5.73. The van der Waals surface area contributed by atoms with Crippen molar-refractivity contribution in [3.63, 3.8) is 0 Å². The number of H-pyrrole nitrogens is 1. The molecule has 1 saturated heterocycles. The van der Waals surface area contributed by atoms with Crippen LogP contribution in [0.3, 0.4) is 0 Å². The maximum Gasteiger partial charge on any atom is 0.490 e. The molecule has 3 N–H and O–H groups in total. The van der Waals surface area contributed by atoms with Gasteiger partial charge in [-0.25, -0.2) is 9.78 Å². The Kier molecular flexibility index (Phi) is 3.65. The van der Waals surface area contributed by atoms with Crippen molar-refractivity contribution in [2.24, 2.45) is 16.7 Å². The number of nitrogens with zero attached hydrogens (tertiary/aromatic N) is 2. The number of carbonyl (C=O) groups is 1. The van der Waals surface area contributed by atoms with Crippen molar-refractivity contribution in [1.29, 1.82) is 0 Å².